The molecule has 1 fully saturated rings. The lowest BCUT2D eigenvalue weighted by molar-refractivity contribution is 0.347. The van der Waals surface area contributed by atoms with Crippen LogP contribution in [-0.2, 0) is 0 Å². The summed E-state index contributed by atoms with van der Waals surface area (Å²) < 4.78 is 66.9. The highest BCUT2D eigenvalue weighted by atomic mass is 19.2. The maximum atomic E-state index is 13.7. The molecule has 2 rings (SSSR count). The van der Waals surface area contributed by atoms with Crippen molar-refractivity contribution in [3.05, 3.63) is 34.6 Å². The van der Waals surface area contributed by atoms with Gasteiger partial charge >= 0.3 is 0 Å². The number of rotatable bonds is 3. The highest BCUT2D eigenvalue weighted by Crippen LogP contribution is 2.44. The second kappa shape index (κ2) is 5.47. The predicted octanol–water partition coefficient (Wildman–Crippen LogP) is 5.07. The topological polar surface area (TPSA) is 0 Å². The van der Waals surface area contributed by atoms with Crippen molar-refractivity contribution >= 4 is 0 Å². The molecule has 1 aromatic rings. The van der Waals surface area contributed by atoms with Crippen molar-refractivity contribution in [3.8, 4) is 0 Å². The van der Waals surface area contributed by atoms with Crippen molar-refractivity contribution in [2.45, 2.75) is 44.9 Å². The summed E-state index contributed by atoms with van der Waals surface area (Å²) in [6.45, 7) is 1.94. The highest BCUT2D eigenvalue weighted by molar-refractivity contribution is 5.28. The zero-order valence-corrected chi connectivity index (χ0v) is 10.6. The Morgan fingerprint density at radius 3 is 1.89 bits per heavy atom. The van der Waals surface area contributed by atoms with Crippen LogP contribution in [-0.4, -0.2) is 0 Å². The lowest BCUT2D eigenvalue weighted by Gasteiger charge is -2.21. The van der Waals surface area contributed by atoms with E-state index in [0.717, 1.165) is 25.7 Å². The first-order valence-electron chi connectivity index (χ1n) is 6.50. The third kappa shape index (κ3) is 2.35. The molecule has 0 saturated heterocycles. The molecule has 0 nitrogen and oxygen atoms in total. The first-order valence-corrected chi connectivity index (χ1v) is 6.50. The molecule has 1 aliphatic carbocycles. The van der Waals surface area contributed by atoms with E-state index in [4.69, 9.17) is 0 Å². The molecule has 1 aromatic carbocycles. The molecule has 1 aliphatic rings. The van der Waals surface area contributed by atoms with E-state index in [1.807, 2.05) is 6.92 Å². The van der Waals surface area contributed by atoms with Crippen molar-refractivity contribution < 1.29 is 22.0 Å². The Balaban J connectivity index is 2.50. The van der Waals surface area contributed by atoms with Gasteiger partial charge in [-0.3, -0.25) is 0 Å². The van der Waals surface area contributed by atoms with E-state index in [1.54, 1.807) is 0 Å². The van der Waals surface area contributed by atoms with Gasteiger partial charge in [-0.05, 0) is 24.7 Å². The van der Waals surface area contributed by atoms with Gasteiger partial charge < -0.3 is 0 Å². The Hall–Kier alpha value is -1.13. The van der Waals surface area contributed by atoms with Crippen LogP contribution in [0.3, 0.4) is 0 Å². The third-order valence-corrected chi connectivity index (χ3v) is 3.93. The third-order valence-electron chi connectivity index (χ3n) is 3.93. The molecule has 2 atom stereocenters. The molecular formula is C14H15F5. The Bertz CT molecular complexity index is 454. The minimum absolute atomic E-state index is 0.00161. The molecule has 0 radical (unpaired) electrons. The summed E-state index contributed by atoms with van der Waals surface area (Å²) in [7, 11) is 0. The Labute approximate surface area is 108 Å². The van der Waals surface area contributed by atoms with Gasteiger partial charge in [0.25, 0.3) is 0 Å². The van der Waals surface area contributed by atoms with E-state index in [2.05, 4.69) is 0 Å². The average Bonchev–Trinajstić information content (AvgIpc) is 2.83. The van der Waals surface area contributed by atoms with Crippen LogP contribution in [0, 0.1) is 35.0 Å². The molecule has 0 aliphatic heterocycles. The van der Waals surface area contributed by atoms with Crippen LogP contribution in [0.4, 0.5) is 22.0 Å². The first-order chi connectivity index (χ1) is 8.99. The molecular weight excluding hydrogens is 263 g/mol. The molecule has 0 aromatic heterocycles. The maximum absolute atomic E-state index is 13.7. The first kappa shape index (κ1) is 14.3. The molecule has 0 bridgehead atoms. The fourth-order valence-corrected chi connectivity index (χ4v) is 3.08. The van der Waals surface area contributed by atoms with Gasteiger partial charge in [0, 0.05) is 5.56 Å². The predicted molar refractivity (Wildman–Crippen MR) is 61.2 cm³/mol. The quantitative estimate of drug-likeness (QED) is 0.411. The fourth-order valence-electron chi connectivity index (χ4n) is 3.08. The van der Waals surface area contributed by atoms with E-state index >= 15 is 0 Å². The van der Waals surface area contributed by atoms with Crippen LogP contribution in [0.15, 0.2) is 0 Å². The van der Waals surface area contributed by atoms with Crippen LogP contribution < -0.4 is 0 Å². The van der Waals surface area contributed by atoms with Crippen LogP contribution in [0.2, 0.25) is 0 Å². The second-order valence-corrected chi connectivity index (χ2v) is 5.07. The SMILES string of the molecule is CCCC1CCCC1c1c(F)c(F)c(F)c(F)c1F. The standard InChI is InChI=1S/C14H15F5/c1-2-4-7-5-3-6-8(7)9-10(15)12(17)14(19)13(18)11(9)16/h7-8H,2-6H2,1H3. The largest absolute Gasteiger partial charge is 0.203 e. The van der Waals surface area contributed by atoms with Crippen LogP contribution in [0.1, 0.15) is 50.5 Å². The van der Waals surface area contributed by atoms with E-state index < -0.39 is 40.6 Å². The minimum atomic E-state index is -2.08. The number of hydrogen-bond acceptors (Lipinski definition) is 0. The summed E-state index contributed by atoms with van der Waals surface area (Å²) in [5.74, 6) is -9.65. The number of hydrogen-bond donors (Lipinski definition) is 0. The molecule has 19 heavy (non-hydrogen) atoms. The molecule has 106 valence electrons. The Morgan fingerprint density at radius 2 is 1.37 bits per heavy atom. The van der Waals surface area contributed by atoms with Gasteiger partial charge in [-0.1, -0.05) is 26.2 Å². The Morgan fingerprint density at radius 1 is 0.842 bits per heavy atom. The smallest absolute Gasteiger partial charge is 0.200 e. The molecule has 0 amide bonds. The average molecular weight is 278 g/mol. The lowest BCUT2D eigenvalue weighted by Crippen LogP contribution is -2.14. The van der Waals surface area contributed by atoms with Gasteiger partial charge in [-0.2, -0.15) is 0 Å². The normalized spacial score (nSPS) is 23.1. The zero-order valence-electron chi connectivity index (χ0n) is 10.6. The van der Waals surface area contributed by atoms with Crippen LogP contribution in [0.5, 0.6) is 0 Å². The monoisotopic (exact) mass is 278 g/mol. The lowest BCUT2D eigenvalue weighted by atomic mass is 9.85. The summed E-state index contributed by atoms with van der Waals surface area (Å²) >= 11 is 0. The summed E-state index contributed by atoms with van der Waals surface area (Å²) in [5, 5.41) is 0. The van der Waals surface area contributed by atoms with Crippen molar-refractivity contribution in [2.75, 3.05) is 0 Å². The molecule has 2 unspecified atom stereocenters. The van der Waals surface area contributed by atoms with Crippen molar-refractivity contribution in [1.29, 1.82) is 0 Å². The highest BCUT2D eigenvalue weighted by Gasteiger charge is 2.36. The van der Waals surface area contributed by atoms with Gasteiger partial charge in [-0.25, -0.2) is 22.0 Å². The van der Waals surface area contributed by atoms with Gasteiger partial charge in [0.15, 0.2) is 23.3 Å². The number of halogens is 5. The summed E-state index contributed by atoms with van der Waals surface area (Å²) in [6, 6.07) is 0. The summed E-state index contributed by atoms with van der Waals surface area (Å²) in [5.41, 5.74) is -0.618. The summed E-state index contributed by atoms with van der Waals surface area (Å²) in [4.78, 5) is 0. The number of benzene rings is 1. The van der Waals surface area contributed by atoms with Crippen molar-refractivity contribution in [1.82, 2.24) is 0 Å². The van der Waals surface area contributed by atoms with Gasteiger partial charge in [-0.15, -0.1) is 0 Å². The van der Waals surface area contributed by atoms with Crippen LogP contribution >= 0.6 is 0 Å². The minimum Gasteiger partial charge on any atom is -0.203 e. The van der Waals surface area contributed by atoms with E-state index in [0.29, 0.717) is 6.42 Å². The van der Waals surface area contributed by atoms with E-state index in [-0.39, 0.29) is 5.92 Å². The molecule has 0 heterocycles. The fraction of sp³-hybridized carbons (Fsp3) is 0.571. The van der Waals surface area contributed by atoms with Gasteiger partial charge in [0.2, 0.25) is 5.82 Å². The summed E-state index contributed by atoms with van der Waals surface area (Å²) in [6.07, 6.45) is 3.58. The molecule has 5 heteroatoms. The second-order valence-electron chi connectivity index (χ2n) is 5.07. The molecule has 0 N–H and O–H groups in total. The molecule has 0 spiro atoms. The molecule has 1 saturated carbocycles. The van der Waals surface area contributed by atoms with Crippen molar-refractivity contribution in [2.24, 2.45) is 5.92 Å². The van der Waals surface area contributed by atoms with E-state index in [9.17, 15) is 22.0 Å². The van der Waals surface area contributed by atoms with Crippen LogP contribution in [0.25, 0.3) is 0 Å². The van der Waals surface area contributed by atoms with Gasteiger partial charge in [0.1, 0.15) is 0 Å². The Kier molecular flexibility index (Phi) is 4.11. The maximum Gasteiger partial charge on any atom is 0.200 e. The zero-order chi connectivity index (χ0) is 14.2. The van der Waals surface area contributed by atoms with E-state index in [1.165, 1.54) is 0 Å². The van der Waals surface area contributed by atoms with Crippen molar-refractivity contribution in [3.63, 3.8) is 0 Å². The van der Waals surface area contributed by atoms with Gasteiger partial charge in [0.05, 0.1) is 0 Å².